The molecule has 0 bridgehead atoms. The SMILES string of the molecule is COc1ccc(O)c([C@H]2C3=CC[C@@H]4C(=O)N(c5ccccc5)C(=O)[C@@H]4[C@@H]3C[C@H]3C(=O)N(c4ccc(F)c(Cl)c4)C(=O)[C@@]23C)c1. The van der Waals surface area contributed by atoms with E-state index in [1.165, 1.54) is 30.2 Å². The first kappa shape index (κ1) is 28.3. The number of phenolic OH excluding ortho intramolecular Hbond substituents is 1. The van der Waals surface area contributed by atoms with Crippen molar-refractivity contribution in [3.8, 4) is 11.5 Å². The molecule has 2 heterocycles. The number of carbonyl (C=O) groups excluding carboxylic acids is 4. The number of hydrogen-bond acceptors (Lipinski definition) is 6. The molecule has 8 nitrogen and oxygen atoms in total. The Balaban J connectivity index is 1.39. The number of para-hydroxylation sites is 1. The maximum atomic E-state index is 14.5. The number of anilines is 2. The highest BCUT2D eigenvalue weighted by atomic mass is 35.5. The van der Waals surface area contributed by atoms with Gasteiger partial charge in [-0.25, -0.2) is 9.29 Å². The zero-order chi connectivity index (χ0) is 31.1. The number of rotatable bonds is 4. The van der Waals surface area contributed by atoms with Crippen molar-refractivity contribution in [2.75, 3.05) is 16.9 Å². The summed E-state index contributed by atoms with van der Waals surface area (Å²) >= 11 is 6.05. The molecule has 2 aliphatic carbocycles. The first-order chi connectivity index (χ1) is 21.1. The lowest BCUT2D eigenvalue weighted by molar-refractivity contribution is -0.131. The second-order valence-corrected chi connectivity index (χ2v) is 12.4. The van der Waals surface area contributed by atoms with Gasteiger partial charge in [0.05, 0.1) is 46.7 Å². The standard InChI is InChI=1S/C34H28ClFN2O6/c1-34-24(31(41)38(33(34)43)18-8-12-26(36)25(35)14-18)16-22-20(29(34)23-15-19(44-2)9-13-27(23)39)10-11-21-28(22)32(42)37(30(21)40)17-6-4-3-5-7-17/h3-10,12-15,21-22,24,28-29,39H,11,16H2,1-2H3/t21-,22+,24-,28-,29+,34+/m0/s1. The number of methoxy groups -OCH3 is 1. The average Bonchev–Trinajstić information content (AvgIpc) is 3.39. The molecule has 10 heteroatoms. The van der Waals surface area contributed by atoms with Crippen molar-refractivity contribution in [1.29, 1.82) is 0 Å². The molecule has 1 saturated carbocycles. The first-order valence-corrected chi connectivity index (χ1v) is 14.8. The molecule has 44 heavy (non-hydrogen) atoms. The number of fused-ring (bicyclic) bond motifs is 4. The Labute approximate surface area is 257 Å². The summed E-state index contributed by atoms with van der Waals surface area (Å²) in [6.07, 6.45) is 2.32. The van der Waals surface area contributed by atoms with Gasteiger partial charge in [-0.2, -0.15) is 0 Å². The van der Waals surface area contributed by atoms with Gasteiger partial charge < -0.3 is 9.84 Å². The Morgan fingerprint density at radius 2 is 1.66 bits per heavy atom. The third kappa shape index (κ3) is 3.81. The van der Waals surface area contributed by atoms with Gasteiger partial charge in [0.2, 0.25) is 23.6 Å². The van der Waals surface area contributed by atoms with Gasteiger partial charge in [-0.3, -0.25) is 24.1 Å². The zero-order valence-corrected chi connectivity index (χ0v) is 24.6. The van der Waals surface area contributed by atoms with Crippen LogP contribution >= 0.6 is 11.6 Å². The predicted octanol–water partition coefficient (Wildman–Crippen LogP) is 5.63. The molecule has 0 aromatic heterocycles. The average molecular weight is 615 g/mol. The van der Waals surface area contributed by atoms with Crippen LogP contribution in [0.1, 0.15) is 31.2 Å². The quantitative estimate of drug-likeness (QED) is 0.302. The van der Waals surface area contributed by atoms with E-state index in [-0.39, 0.29) is 41.1 Å². The number of aromatic hydroxyl groups is 1. The number of phenols is 1. The van der Waals surface area contributed by atoms with Crippen molar-refractivity contribution in [3.63, 3.8) is 0 Å². The minimum atomic E-state index is -1.39. The molecule has 6 atom stereocenters. The lowest BCUT2D eigenvalue weighted by Crippen LogP contribution is -2.48. The number of nitrogens with zero attached hydrogens (tertiary/aromatic N) is 2. The van der Waals surface area contributed by atoms with Crippen molar-refractivity contribution in [1.82, 2.24) is 0 Å². The molecule has 3 aromatic carbocycles. The molecule has 3 fully saturated rings. The number of halogens is 2. The van der Waals surface area contributed by atoms with Gasteiger partial charge in [0.15, 0.2) is 0 Å². The van der Waals surface area contributed by atoms with E-state index in [1.54, 1.807) is 49.4 Å². The van der Waals surface area contributed by atoms with Gasteiger partial charge in [-0.05, 0) is 74.2 Å². The second-order valence-electron chi connectivity index (χ2n) is 12.0. The van der Waals surface area contributed by atoms with Crippen LogP contribution in [0.5, 0.6) is 11.5 Å². The summed E-state index contributed by atoms with van der Waals surface area (Å²) in [6, 6.07) is 17.1. The number of hydrogen-bond donors (Lipinski definition) is 1. The Bertz CT molecular complexity index is 1790. The van der Waals surface area contributed by atoms with Crippen molar-refractivity contribution < 1.29 is 33.4 Å². The van der Waals surface area contributed by atoms with Crippen molar-refractivity contribution >= 4 is 46.6 Å². The predicted molar refractivity (Wildman–Crippen MR) is 160 cm³/mol. The molecular weight excluding hydrogens is 587 g/mol. The molecule has 1 N–H and O–H groups in total. The fourth-order valence-corrected chi connectivity index (χ4v) is 8.13. The number of carbonyl (C=O) groups is 4. The summed E-state index contributed by atoms with van der Waals surface area (Å²) in [5, 5.41) is 11.0. The van der Waals surface area contributed by atoms with E-state index in [4.69, 9.17) is 16.3 Å². The van der Waals surface area contributed by atoms with Crippen LogP contribution in [0.25, 0.3) is 0 Å². The first-order valence-electron chi connectivity index (χ1n) is 14.4. The lowest BCUT2D eigenvalue weighted by atomic mass is 9.51. The zero-order valence-electron chi connectivity index (χ0n) is 23.9. The smallest absolute Gasteiger partial charge is 0.241 e. The summed E-state index contributed by atoms with van der Waals surface area (Å²) < 4.78 is 19.5. The fourth-order valence-electron chi connectivity index (χ4n) is 7.95. The van der Waals surface area contributed by atoms with Crippen LogP contribution in [-0.4, -0.2) is 35.8 Å². The van der Waals surface area contributed by atoms with Gasteiger partial charge in [0.1, 0.15) is 17.3 Å². The molecule has 3 aromatic rings. The van der Waals surface area contributed by atoms with E-state index in [2.05, 4.69) is 0 Å². The molecular formula is C34H28ClFN2O6. The highest BCUT2D eigenvalue weighted by Gasteiger charge is 2.68. The van der Waals surface area contributed by atoms with E-state index < -0.39 is 52.6 Å². The molecule has 7 rings (SSSR count). The van der Waals surface area contributed by atoms with Crippen LogP contribution < -0.4 is 14.5 Å². The van der Waals surface area contributed by atoms with Crippen LogP contribution in [0.2, 0.25) is 5.02 Å². The van der Waals surface area contributed by atoms with E-state index in [0.717, 1.165) is 16.5 Å². The van der Waals surface area contributed by atoms with Gasteiger partial charge in [-0.15, -0.1) is 0 Å². The number of allylic oxidation sites excluding steroid dienone is 2. The third-order valence-corrected chi connectivity index (χ3v) is 10.3. The van der Waals surface area contributed by atoms with Crippen LogP contribution in [0, 0.1) is 34.9 Å². The number of ether oxygens (including phenoxy) is 1. The molecule has 0 spiro atoms. The Hall–Kier alpha value is -4.50. The summed E-state index contributed by atoms with van der Waals surface area (Å²) in [5.74, 6) is -5.69. The monoisotopic (exact) mass is 614 g/mol. The van der Waals surface area contributed by atoms with E-state index in [9.17, 15) is 28.7 Å². The van der Waals surface area contributed by atoms with Crippen molar-refractivity contribution in [2.24, 2.45) is 29.1 Å². The summed E-state index contributed by atoms with van der Waals surface area (Å²) in [7, 11) is 1.49. The number of imide groups is 2. The lowest BCUT2D eigenvalue weighted by Gasteiger charge is -2.49. The van der Waals surface area contributed by atoms with Gasteiger partial charge in [-0.1, -0.05) is 41.4 Å². The van der Waals surface area contributed by atoms with E-state index in [1.807, 2.05) is 6.08 Å². The Morgan fingerprint density at radius 3 is 2.36 bits per heavy atom. The fraction of sp³-hybridized carbons (Fsp3) is 0.294. The molecule has 4 aliphatic rings. The maximum absolute atomic E-state index is 14.5. The minimum absolute atomic E-state index is 0.0947. The summed E-state index contributed by atoms with van der Waals surface area (Å²) in [6.45, 7) is 1.70. The summed E-state index contributed by atoms with van der Waals surface area (Å²) in [5.41, 5.74) is 0.329. The van der Waals surface area contributed by atoms with E-state index >= 15 is 0 Å². The van der Waals surface area contributed by atoms with Crippen molar-refractivity contribution in [3.05, 3.63) is 94.8 Å². The van der Waals surface area contributed by atoms with Gasteiger partial charge >= 0.3 is 0 Å². The number of amides is 4. The second kappa shape index (κ2) is 10.0. The van der Waals surface area contributed by atoms with Gasteiger partial charge in [0, 0.05) is 11.5 Å². The summed E-state index contributed by atoms with van der Waals surface area (Å²) in [4.78, 5) is 58.7. The number of benzene rings is 3. The molecule has 0 radical (unpaired) electrons. The Morgan fingerprint density at radius 1 is 0.909 bits per heavy atom. The van der Waals surface area contributed by atoms with Gasteiger partial charge in [0.25, 0.3) is 0 Å². The van der Waals surface area contributed by atoms with Crippen LogP contribution in [-0.2, 0) is 19.2 Å². The van der Waals surface area contributed by atoms with Crippen LogP contribution in [0.4, 0.5) is 15.8 Å². The van der Waals surface area contributed by atoms with Crippen LogP contribution in [0.3, 0.4) is 0 Å². The highest BCUT2D eigenvalue weighted by Crippen LogP contribution is 2.64. The van der Waals surface area contributed by atoms with Crippen molar-refractivity contribution in [2.45, 2.75) is 25.7 Å². The normalized spacial score (nSPS) is 29.4. The minimum Gasteiger partial charge on any atom is -0.508 e. The molecule has 4 amide bonds. The highest BCUT2D eigenvalue weighted by molar-refractivity contribution is 6.32. The topological polar surface area (TPSA) is 104 Å². The molecule has 2 saturated heterocycles. The van der Waals surface area contributed by atoms with Crippen LogP contribution in [0.15, 0.2) is 78.4 Å². The third-order valence-electron chi connectivity index (χ3n) is 10.00. The van der Waals surface area contributed by atoms with E-state index in [0.29, 0.717) is 17.0 Å². The molecule has 224 valence electrons. The maximum Gasteiger partial charge on any atom is 0.241 e. The molecule has 2 aliphatic heterocycles. The Kier molecular flexibility index (Phi) is 6.44. The molecule has 0 unspecified atom stereocenters. The largest absolute Gasteiger partial charge is 0.508 e.